The fraction of sp³-hybridized carbons (Fsp3) is 0.0870. The summed E-state index contributed by atoms with van der Waals surface area (Å²) in [7, 11) is 1.63. The summed E-state index contributed by atoms with van der Waals surface area (Å²) in [5.74, 6) is 0.944. The Morgan fingerprint density at radius 2 is 1.44 bits per heavy atom. The minimum absolute atomic E-state index is 0.372. The van der Waals surface area contributed by atoms with Gasteiger partial charge < -0.3 is 9.15 Å². The second-order valence-corrected chi connectivity index (χ2v) is 6.21. The van der Waals surface area contributed by atoms with E-state index in [1.54, 1.807) is 11.7 Å². The van der Waals surface area contributed by atoms with Crippen molar-refractivity contribution in [3.8, 4) is 28.3 Å². The number of aromatic nitrogens is 1. The third-order valence-electron chi connectivity index (χ3n) is 4.48. The summed E-state index contributed by atoms with van der Waals surface area (Å²) in [6, 6.07) is 27.2. The molecule has 0 unspecified atom stereocenters. The molecule has 27 heavy (non-hydrogen) atoms. The normalized spacial score (nSPS) is 10.7. The molecule has 0 aliphatic rings. The van der Waals surface area contributed by atoms with Crippen LogP contribution in [-0.2, 0) is 6.54 Å². The van der Waals surface area contributed by atoms with Gasteiger partial charge in [-0.15, -0.1) is 0 Å². The van der Waals surface area contributed by atoms with E-state index in [-0.39, 0.29) is 5.76 Å². The molecule has 0 aliphatic carbocycles. The zero-order valence-corrected chi connectivity index (χ0v) is 15.0. The molecule has 0 fully saturated rings. The Balaban J connectivity index is 1.88. The van der Waals surface area contributed by atoms with Gasteiger partial charge in [-0.25, -0.2) is 4.79 Å². The van der Waals surface area contributed by atoms with Crippen molar-refractivity contribution < 1.29 is 9.15 Å². The molecular formula is C23H19NO3. The van der Waals surface area contributed by atoms with Crippen LogP contribution in [0.3, 0.4) is 0 Å². The quantitative estimate of drug-likeness (QED) is 0.514. The summed E-state index contributed by atoms with van der Waals surface area (Å²) in [6.07, 6.45) is 0. The van der Waals surface area contributed by atoms with Gasteiger partial charge in [0.1, 0.15) is 5.75 Å². The molecule has 1 aromatic heterocycles. The summed E-state index contributed by atoms with van der Waals surface area (Å²) >= 11 is 0. The first-order valence-electron chi connectivity index (χ1n) is 8.73. The predicted octanol–water partition coefficient (Wildman–Crippen LogP) is 4.83. The molecule has 4 aromatic rings. The van der Waals surface area contributed by atoms with Gasteiger partial charge >= 0.3 is 5.76 Å². The minimum Gasteiger partial charge on any atom is -0.497 e. The van der Waals surface area contributed by atoms with Crippen molar-refractivity contribution in [1.29, 1.82) is 0 Å². The maximum Gasteiger partial charge on any atom is 0.420 e. The summed E-state index contributed by atoms with van der Waals surface area (Å²) in [4.78, 5) is 12.7. The topological polar surface area (TPSA) is 44.4 Å². The van der Waals surface area contributed by atoms with Crippen molar-refractivity contribution in [3.63, 3.8) is 0 Å². The number of rotatable bonds is 5. The Bertz CT molecular complexity index is 1080. The van der Waals surface area contributed by atoms with Gasteiger partial charge in [-0.3, -0.25) is 4.57 Å². The molecule has 0 saturated carbocycles. The van der Waals surface area contributed by atoms with Crippen LogP contribution in [0.4, 0.5) is 0 Å². The molecule has 4 rings (SSSR count). The molecule has 3 aromatic carbocycles. The lowest BCUT2D eigenvalue weighted by molar-refractivity contribution is 0.415. The van der Waals surface area contributed by atoms with Crippen molar-refractivity contribution >= 4 is 0 Å². The van der Waals surface area contributed by atoms with E-state index in [2.05, 4.69) is 0 Å². The number of hydrogen-bond donors (Lipinski definition) is 0. The van der Waals surface area contributed by atoms with Gasteiger partial charge in [-0.1, -0.05) is 60.7 Å². The fourth-order valence-corrected chi connectivity index (χ4v) is 3.14. The van der Waals surface area contributed by atoms with E-state index < -0.39 is 0 Å². The Morgan fingerprint density at radius 1 is 0.815 bits per heavy atom. The Morgan fingerprint density at radius 3 is 2.07 bits per heavy atom. The van der Waals surface area contributed by atoms with E-state index in [0.29, 0.717) is 12.3 Å². The highest BCUT2D eigenvalue weighted by molar-refractivity contribution is 5.77. The summed E-state index contributed by atoms with van der Waals surface area (Å²) in [5.41, 5.74) is 3.58. The molecule has 0 spiro atoms. The molecular weight excluding hydrogens is 338 g/mol. The van der Waals surface area contributed by atoms with Crippen LogP contribution in [0.2, 0.25) is 0 Å². The van der Waals surface area contributed by atoms with Crippen LogP contribution in [0.15, 0.2) is 94.1 Å². The van der Waals surface area contributed by atoms with Gasteiger partial charge in [0.2, 0.25) is 0 Å². The molecule has 0 radical (unpaired) electrons. The Kier molecular flexibility index (Phi) is 4.62. The van der Waals surface area contributed by atoms with Gasteiger partial charge in [-0.05, 0) is 29.8 Å². The van der Waals surface area contributed by atoms with Crippen molar-refractivity contribution in [1.82, 2.24) is 4.57 Å². The highest BCUT2D eigenvalue weighted by atomic mass is 16.5. The summed E-state index contributed by atoms with van der Waals surface area (Å²) in [6.45, 7) is 0.448. The van der Waals surface area contributed by atoms with Crippen LogP contribution in [-0.4, -0.2) is 11.7 Å². The number of methoxy groups -OCH3 is 1. The largest absolute Gasteiger partial charge is 0.497 e. The van der Waals surface area contributed by atoms with E-state index >= 15 is 0 Å². The van der Waals surface area contributed by atoms with Crippen LogP contribution >= 0.6 is 0 Å². The highest BCUT2D eigenvalue weighted by Crippen LogP contribution is 2.32. The predicted molar refractivity (Wildman–Crippen MR) is 106 cm³/mol. The van der Waals surface area contributed by atoms with Crippen LogP contribution in [0, 0.1) is 0 Å². The van der Waals surface area contributed by atoms with Gasteiger partial charge in [0.15, 0.2) is 5.76 Å². The highest BCUT2D eigenvalue weighted by Gasteiger charge is 2.20. The molecule has 0 aliphatic heterocycles. The van der Waals surface area contributed by atoms with E-state index in [0.717, 1.165) is 28.1 Å². The van der Waals surface area contributed by atoms with Crippen molar-refractivity contribution in [2.75, 3.05) is 7.11 Å². The second kappa shape index (κ2) is 7.38. The lowest BCUT2D eigenvalue weighted by atomic mass is 10.0. The molecule has 0 atom stereocenters. The van der Waals surface area contributed by atoms with Gasteiger partial charge in [0.05, 0.1) is 19.3 Å². The zero-order chi connectivity index (χ0) is 18.6. The smallest absolute Gasteiger partial charge is 0.420 e. The monoisotopic (exact) mass is 357 g/mol. The fourth-order valence-electron chi connectivity index (χ4n) is 3.14. The van der Waals surface area contributed by atoms with Gasteiger partial charge in [-0.2, -0.15) is 0 Å². The molecule has 4 heteroatoms. The Hall–Kier alpha value is -3.53. The second-order valence-electron chi connectivity index (χ2n) is 6.21. The number of ether oxygens (including phenoxy) is 1. The van der Waals surface area contributed by atoms with Gasteiger partial charge in [0, 0.05) is 11.1 Å². The first kappa shape index (κ1) is 16.9. The third-order valence-corrected chi connectivity index (χ3v) is 4.48. The summed E-state index contributed by atoms with van der Waals surface area (Å²) in [5, 5.41) is 0. The molecule has 4 nitrogen and oxygen atoms in total. The van der Waals surface area contributed by atoms with Crippen molar-refractivity contribution in [3.05, 3.63) is 101 Å². The van der Waals surface area contributed by atoms with Gasteiger partial charge in [0.25, 0.3) is 0 Å². The third kappa shape index (κ3) is 3.42. The Labute approximate surface area is 157 Å². The van der Waals surface area contributed by atoms with E-state index in [4.69, 9.17) is 9.15 Å². The molecule has 0 N–H and O–H groups in total. The average Bonchev–Trinajstić information content (AvgIpc) is 3.05. The van der Waals surface area contributed by atoms with E-state index in [9.17, 15) is 4.79 Å². The minimum atomic E-state index is -0.372. The number of benzene rings is 3. The van der Waals surface area contributed by atoms with Crippen LogP contribution in [0.1, 0.15) is 5.56 Å². The number of nitrogens with zero attached hydrogens (tertiary/aromatic N) is 1. The maximum absolute atomic E-state index is 12.7. The SMILES string of the molecule is COc1ccc(-c2oc(=O)n(Cc3ccccc3)c2-c2ccccc2)cc1. The maximum atomic E-state index is 12.7. The lowest BCUT2D eigenvalue weighted by Crippen LogP contribution is -2.16. The van der Waals surface area contributed by atoms with Crippen LogP contribution in [0.25, 0.3) is 22.6 Å². The number of oxazole rings is 1. The van der Waals surface area contributed by atoms with E-state index in [1.165, 1.54) is 0 Å². The van der Waals surface area contributed by atoms with E-state index in [1.807, 2.05) is 84.9 Å². The molecule has 134 valence electrons. The van der Waals surface area contributed by atoms with Crippen LogP contribution in [0.5, 0.6) is 5.75 Å². The molecule has 0 bridgehead atoms. The zero-order valence-electron chi connectivity index (χ0n) is 15.0. The van der Waals surface area contributed by atoms with Crippen LogP contribution < -0.4 is 10.5 Å². The molecule has 0 amide bonds. The number of hydrogen-bond acceptors (Lipinski definition) is 3. The molecule has 1 heterocycles. The standard InChI is InChI=1S/C23H19NO3/c1-26-20-14-12-19(13-15-20)22-21(18-10-6-3-7-11-18)24(23(25)27-22)16-17-8-4-2-5-9-17/h2-15H,16H2,1H3. The lowest BCUT2D eigenvalue weighted by Gasteiger charge is -2.09. The first-order chi connectivity index (χ1) is 13.3. The average molecular weight is 357 g/mol. The first-order valence-corrected chi connectivity index (χ1v) is 8.73. The summed E-state index contributed by atoms with van der Waals surface area (Å²) < 4.78 is 12.6. The van der Waals surface area contributed by atoms with Crippen molar-refractivity contribution in [2.24, 2.45) is 0 Å². The van der Waals surface area contributed by atoms with Crippen molar-refractivity contribution in [2.45, 2.75) is 6.54 Å². The molecule has 0 saturated heterocycles.